The molecular weight excluding hydrogens is 560 g/mol. The standard InChI is InChI=1S/C29H28N6O4S2/c1-16-6-4-7-17(10-16)25-21(14-30)27(31)35(22-8-5-9-23(36)26(22)25)28-33-34-29(41-28)40-15-24(37)32-18-11-19(38-2)13-20(12-18)39-3/h4,6-7,10-13,25H,5,8-9,15,31H2,1-3H3,(H,32,37). The highest BCUT2D eigenvalue weighted by molar-refractivity contribution is 8.01. The van der Waals surface area contributed by atoms with Crippen molar-refractivity contribution in [3.8, 4) is 17.6 Å². The Hall–Kier alpha value is -4.34. The summed E-state index contributed by atoms with van der Waals surface area (Å²) in [4.78, 5) is 27.7. The lowest BCUT2D eigenvalue weighted by molar-refractivity contribution is -0.116. The summed E-state index contributed by atoms with van der Waals surface area (Å²) in [6.07, 6.45) is 1.72. The van der Waals surface area contributed by atoms with Gasteiger partial charge in [-0.05, 0) is 25.3 Å². The van der Waals surface area contributed by atoms with Crippen LogP contribution in [0.1, 0.15) is 36.3 Å². The number of amides is 1. The number of rotatable bonds is 8. The van der Waals surface area contributed by atoms with E-state index >= 15 is 0 Å². The van der Waals surface area contributed by atoms with Crippen molar-refractivity contribution in [3.63, 3.8) is 0 Å². The molecule has 0 spiro atoms. The number of ketones is 1. The van der Waals surface area contributed by atoms with Gasteiger partial charge in [0.25, 0.3) is 0 Å². The highest BCUT2D eigenvalue weighted by atomic mass is 32.2. The van der Waals surface area contributed by atoms with Gasteiger partial charge in [-0.25, -0.2) is 0 Å². The zero-order valence-electron chi connectivity index (χ0n) is 22.8. The molecule has 3 N–H and O–H groups in total. The Bertz CT molecular complexity index is 1600. The van der Waals surface area contributed by atoms with Gasteiger partial charge in [-0.3, -0.25) is 14.5 Å². The number of anilines is 2. The molecular formula is C29H28N6O4S2. The minimum atomic E-state index is -0.528. The molecule has 1 aromatic heterocycles. The van der Waals surface area contributed by atoms with Gasteiger partial charge in [-0.2, -0.15) is 5.26 Å². The molecule has 10 nitrogen and oxygen atoms in total. The van der Waals surface area contributed by atoms with Crippen molar-refractivity contribution in [2.75, 3.05) is 30.2 Å². The van der Waals surface area contributed by atoms with Crippen LogP contribution in [0.15, 0.2) is 69.5 Å². The molecule has 0 saturated carbocycles. The monoisotopic (exact) mass is 588 g/mol. The van der Waals surface area contributed by atoms with Gasteiger partial charge < -0.3 is 20.5 Å². The number of nitriles is 1. The lowest BCUT2D eigenvalue weighted by Gasteiger charge is -2.38. The van der Waals surface area contributed by atoms with E-state index in [1.165, 1.54) is 37.3 Å². The first kappa shape index (κ1) is 28.2. The van der Waals surface area contributed by atoms with Gasteiger partial charge in [0.2, 0.25) is 11.0 Å². The van der Waals surface area contributed by atoms with Crippen molar-refractivity contribution in [2.24, 2.45) is 5.73 Å². The van der Waals surface area contributed by atoms with E-state index in [4.69, 9.17) is 15.2 Å². The van der Waals surface area contributed by atoms with Gasteiger partial charge in [-0.1, -0.05) is 52.9 Å². The number of Topliss-reactive ketones (excluding diaryl/α,β-unsaturated/α-hetero) is 1. The second-order valence-corrected chi connectivity index (χ2v) is 11.7. The number of nitrogens with zero attached hydrogens (tertiary/aromatic N) is 4. The molecule has 2 heterocycles. The molecule has 1 aliphatic carbocycles. The van der Waals surface area contributed by atoms with Crippen molar-refractivity contribution in [1.82, 2.24) is 10.2 Å². The molecule has 0 fully saturated rings. The third-order valence-corrected chi connectivity index (χ3v) is 8.88. The van der Waals surface area contributed by atoms with E-state index in [9.17, 15) is 14.9 Å². The Morgan fingerprint density at radius 1 is 1.20 bits per heavy atom. The van der Waals surface area contributed by atoms with Crippen LogP contribution in [0.4, 0.5) is 10.8 Å². The maximum Gasteiger partial charge on any atom is 0.234 e. The van der Waals surface area contributed by atoms with Crippen LogP contribution in [0, 0.1) is 18.3 Å². The summed E-state index contributed by atoms with van der Waals surface area (Å²) < 4.78 is 11.1. The Kier molecular flexibility index (Phi) is 8.28. The topological polar surface area (TPSA) is 143 Å². The zero-order chi connectivity index (χ0) is 29.1. The lowest BCUT2D eigenvalue weighted by Crippen LogP contribution is -2.38. The van der Waals surface area contributed by atoms with Gasteiger partial charge in [0.05, 0.1) is 37.5 Å². The smallest absolute Gasteiger partial charge is 0.234 e. The van der Waals surface area contributed by atoms with Gasteiger partial charge >= 0.3 is 0 Å². The molecule has 5 rings (SSSR count). The Morgan fingerprint density at radius 3 is 2.63 bits per heavy atom. The number of aryl methyl sites for hydroxylation is 1. The number of aromatic nitrogens is 2. The normalized spacial score (nSPS) is 16.8. The first-order valence-electron chi connectivity index (χ1n) is 12.8. The van der Waals surface area contributed by atoms with Gasteiger partial charge in [0.1, 0.15) is 17.3 Å². The van der Waals surface area contributed by atoms with Crippen LogP contribution in [-0.4, -0.2) is 41.9 Å². The summed E-state index contributed by atoms with van der Waals surface area (Å²) >= 11 is 2.48. The SMILES string of the molecule is COc1cc(NC(=O)CSc2nnc(N3C(N)=C(C#N)C(c4cccc(C)c4)C4=C3CCCC4=O)s2)cc(OC)c1. The Balaban J connectivity index is 1.39. The molecule has 0 radical (unpaired) electrons. The molecule has 2 aromatic carbocycles. The maximum atomic E-state index is 13.3. The number of methoxy groups -OCH3 is 2. The predicted molar refractivity (Wildman–Crippen MR) is 158 cm³/mol. The van der Waals surface area contributed by atoms with Crippen LogP contribution < -0.4 is 25.4 Å². The minimum absolute atomic E-state index is 0.00737. The number of thioether (sulfide) groups is 1. The van der Waals surface area contributed by atoms with Crippen molar-refractivity contribution < 1.29 is 19.1 Å². The molecule has 3 aromatic rings. The second-order valence-electron chi connectivity index (χ2n) is 9.52. The van der Waals surface area contributed by atoms with Crippen LogP contribution in [0.2, 0.25) is 0 Å². The average molecular weight is 589 g/mol. The van der Waals surface area contributed by atoms with Gasteiger partial charge in [-0.15, -0.1) is 10.2 Å². The third kappa shape index (κ3) is 5.77. The lowest BCUT2D eigenvalue weighted by atomic mass is 9.75. The van der Waals surface area contributed by atoms with E-state index in [0.717, 1.165) is 16.8 Å². The summed E-state index contributed by atoms with van der Waals surface area (Å²) in [7, 11) is 3.08. The minimum Gasteiger partial charge on any atom is -0.497 e. The Morgan fingerprint density at radius 2 is 1.95 bits per heavy atom. The number of ether oxygens (including phenoxy) is 2. The van der Waals surface area contributed by atoms with Crippen molar-refractivity contribution in [3.05, 3.63) is 76.3 Å². The highest BCUT2D eigenvalue weighted by Crippen LogP contribution is 2.47. The van der Waals surface area contributed by atoms with Crippen LogP contribution in [0.25, 0.3) is 0 Å². The molecule has 1 atom stereocenters. The summed E-state index contributed by atoms with van der Waals surface area (Å²) in [5.74, 6) is 0.687. The molecule has 210 valence electrons. The number of nitrogens with two attached hydrogens (primary N) is 1. The number of hydrogen-bond acceptors (Lipinski definition) is 11. The van der Waals surface area contributed by atoms with Crippen LogP contribution in [-0.2, 0) is 9.59 Å². The third-order valence-electron chi connectivity index (χ3n) is 6.84. The summed E-state index contributed by atoms with van der Waals surface area (Å²) in [5.41, 5.74) is 10.7. The van der Waals surface area contributed by atoms with E-state index in [-0.39, 0.29) is 23.3 Å². The molecule has 1 unspecified atom stereocenters. The average Bonchev–Trinajstić information content (AvgIpc) is 3.43. The van der Waals surface area contributed by atoms with Gasteiger partial charge in [0, 0.05) is 41.6 Å². The summed E-state index contributed by atoms with van der Waals surface area (Å²) in [6.45, 7) is 1.98. The van der Waals surface area contributed by atoms with Crippen LogP contribution in [0.5, 0.6) is 11.5 Å². The summed E-state index contributed by atoms with van der Waals surface area (Å²) in [5, 5.41) is 22.1. The molecule has 41 heavy (non-hydrogen) atoms. The van der Waals surface area contributed by atoms with E-state index in [1.807, 2.05) is 31.2 Å². The van der Waals surface area contributed by atoms with Crippen LogP contribution >= 0.6 is 23.1 Å². The highest BCUT2D eigenvalue weighted by Gasteiger charge is 2.41. The maximum absolute atomic E-state index is 13.3. The largest absolute Gasteiger partial charge is 0.497 e. The number of allylic oxidation sites excluding steroid dienone is 3. The van der Waals surface area contributed by atoms with E-state index < -0.39 is 5.92 Å². The zero-order valence-corrected chi connectivity index (χ0v) is 24.4. The Labute approximate surface area is 245 Å². The first-order chi connectivity index (χ1) is 19.8. The summed E-state index contributed by atoms with van der Waals surface area (Å²) in [6, 6.07) is 15.2. The van der Waals surface area contributed by atoms with Crippen LogP contribution in [0.3, 0.4) is 0 Å². The van der Waals surface area contributed by atoms with Crippen molar-refractivity contribution in [2.45, 2.75) is 36.4 Å². The van der Waals surface area contributed by atoms with Crippen molar-refractivity contribution >= 4 is 45.6 Å². The number of hydrogen-bond donors (Lipinski definition) is 2. The molecule has 0 saturated heterocycles. The van der Waals surface area contributed by atoms with Gasteiger partial charge in [0.15, 0.2) is 10.1 Å². The molecule has 0 bridgehead atoms. The van der Waals surface area contributed by atoms with E-state index in [1.54, 1.807) is 23.1 Å². The number of carbonyl (C=O) groups is 2. The second kappa shape index (κ2) is 12.0. The van der Waals surface area contributed by atoms with E-state index in [2.05, 4.69) is 21.6 Å². The number of benzene rings is 2. The fourth-order valence-electron chi connectivity index (χ4n) is 5.04. The van der Waals surface area contributed by atoms with Crippen molar-refractivity contribution in [1.29, 1.82) is 5.26 Å². The predicted octanol–water partition coefficient (Wildman–Crippen LogP) is 4.90. The fourth-order valence-corrected chi connectivity index (χ4v) is 6.72. The quantitative estimate of drug-likeness (QED) is 0.349. The fraction of sp³-hybridized carbons (Fsp3) is 0.276. The molecule has 1 aliphatic heterocycles. The number of nitrogens with one attached hydrogen (secondary N) is 1. The molecule has 1 amide bonds. The number of carbonyl (C=O) groups excluding carboxylic acids is 2. The molecule has 12 heteroatoms. The van der Waals surface area contributed by atoms with E-state index in [0.29, 0.717) is 57.1 Å². The molecule has 2 aliphatic rings. The first-order valence-corrected chi connectivity index (χ1v) is 14.6.